The van der Waals surface area contributed by atoms with E-state index in [4.69, 9.17) is 9.47 Å². The molecule has 0 saturated carbocycles. The van der Waals surface area contributed by atoms with Crippen LogP contribution in [-0.2, 0) is 6.42 Å². The molecule has 0 aliphatic heterocycles. The molecule has 0 radical (unpaired) electrons. The SMILES string of the molecule is COc1ccc(OC)c(Cc2[nH]c(C)nc2Br)c1. The van der Waals surface area contributed by atoms with E-state index in [9.17, 15) is 0 Å². The summed E-state index contributed by atoms with van der Waals surface area (Å²) >= 11 is 3.44. The quantitative estimate of drug-likeness (QED) is 0.944. The summed E-state index contributed by atoms with van der Waals surface area (Å²) in [5.41, 5.74) is 2.08. The molecule has 0 spiro atoms. The van der Waals surface area contributed by atoms with Crippen LogP contribution in [-0.4, -0.2) is 24.2 Å². The van der Waals surface area contributed by atoms with Crippen LogP contribution in [0.4, 0.5) is 0 Å². The lowest BCUT2D eigenvalue weighted by Crippen LogP contribution is -1.96. The van der Waals surface area contributed by atoms with Crippen LogP contribution in [0.15, 0.2) is 22.8 Å². The van der Waals surface area contributed by atoms with E-state index in [0.29, 0.717) is 6.42 Å². The summed E-state index contributed by atoms with van der Waals surface area (Å²) in [5.74, 6) is 2.55. The molecule has 18 heavy (non-hydrogen) atoms. The largest absolute Gasteiger partial charge is 0.497 e. The number of aryl methyl sites for hydroxylation is 1. The Bertz CT molecular complexity index is 552. The molecule has 5 heteroatoms. The fourth-order valence-corrected chi connectivity index (χ4v) is 2.35. The van der Waals surface area contributed by atoms with E-state index in [0.717, 1.165) is 33.2 Å². The number of imidazole rings is 1. The molecule has 1 aromatic carbocycles. The van der Waals surface area contributed by atoms with Crippen molar-refractivity contribution >= 4 is 15.9 Å². The first-order valence-corrected chi connectivity index (χ1v) is 6.35. The fourth-order valence-electron chi connectivity index (χ4n) is 1.84. The molecule has 4 nitrogen and oxygen atoms in total. The van der Waals surface area contributed by atoms with Gasteiger partial charge in [-0.25, -0.2) is 4.98 Å². The number of hydrogen-bond acceptors (Lipinski definition) is 3. The summed E-state index contributed by atoms with van der Waals surface area (Å²) in [6, 6.07) is 5.77. The molecule has 1 N–H and O–H groups in total. The van der Waals surface area contributed by atoms with Gasteiger partial charge in [0.05, 0.1) is 19.9 Å². The van der Waals surface area contributed by atoms with E-state index in [1.807, 2.05) is 25.1 Å². The lowest BCUT2D eigenvalue weighted by Gasteiger charge is -2.09. The summed E-state index contributed by atoms with van der Waals surface area (Å²) in [5, 5.41) is 0. The first-order valence-electron chi connectivity index (χ1n) is 5.56. The predicted octanol–water partition coefficient (Wildman–Crippen LogP) is 3.09. The number of hydrogen-bond donors (Lipinski definition) is 1. The van der Waals surface area contributed by atoms with Gasteiger partial charge in [-0.1, -0.05) is 0 Å². The zero-order valence-corrected chi connectivity index (χ0v) is 12.2. The molecule has 1 aromatic heterocycles. The number of aromatic amines is 1. The highest BCUT2D eigenvalue weighted by atomic mass is 79.9. The lowest BCUT2D eigenvalue weighted by molar-refractivity contribution is 0.399. The summed E-state index contributed by atoms with van der Waals surface area (Å²) in [6.45, 7) is 1.93. The van der Waals surface area contributed by atoms with Gasteiger partial charge in [-0.15, -0.1) is 0 Å². The minimum Gasteiger partial charge on any atom is -0.497 e. The standard InChI is InChI=1S/C13H15BrN2O2/c1-8-15-11(13(14)16-8)7-9-6-10(17-2)4-5-12(9)18-3/h4-6H,7H2,1-3H3,(H,15,16). The Kier molecular flexibility index (Phi) is 3.91. The van der Waals surface area contributed by atoms with E-state index in [1.54, 1.807) is 14.2 Å². The van der Waals surface area contributed by atoms with Crippen LogP contribution >= 0.6 is 15.9 Å². The molecule has 0 unspecified atom stereocenters. The van der Waals surface area contributed by atoms with Crippen molar-refractivity contribution in [1.29, 1.82) is 0 Å². The number of methoxy groups -OCH3 is 2. The van der Waals surface area contributed by atoms with E-state index >= 15 is 0 Å². The van der Waals surface area contributed by atoms with E-state index < -0.39 is 0 Å². The van der Waals surface area contributed by atoms with E-state index in [-0.39, 0.29) is 0 Å². The van der Waals surface area contributed by atoms with Gasteiger partial charge in [0, 0.05) is 12.0 Å². The monoisotopic (exact) mass is 310 g/mol. The fraction of sp³-hybridized carbons (Fsp3) is 0.308. The van der Waals surface area contributed by atoms with Crippen molar-refractivity contribution in [3.63, 3.8) is 0 Å². The Morgan fingerprint density at radius 3 is 2.61 bits per heavy atom. The van der Waals surface area contributed by atoms with Crippen LogP contribution in [0.1, 0.15) is 17.1 Å². The van der Waals surface area contributed by atoms with Gasteiger partial charge < -0.3 is 14.5 Å². The molecular weight excluding hydrogens is 296 g/mol. The van der Waals surface area contributed by atoms with Gasteiger partial charge in [-0.2, -0.15) is 0 Å². The number of halogens is 1. The molecule has 96 valence electrons. The molecule has 1 heterocycles. The van der Waals surface area contributed by atoms with Crippen molar-refractivity contribution in [2.45, 2.75) is 13.3 Å². The maximum Gasteiger partial charge on any atom is 0.127 e. The molecule has 2 rings (SSSR count). The van der Waals surface area contributed by atoms with Crippen molar-refractivity contribution in [2.24, 2.45) is 0 Å². The Balaban J connectivity index is 2.35. The second-order valence-electron chi connectivity index (χ2n) is 3.95. The average Bonchev–Trinajstić information content (AvgIpc) is 2.67. The predicted molar refractivity (Wildman–Crippen MR) is 73.4 cm³/mol. The third-order valence-corrected chi connectivity index (χ3v) is 3.36. The molecule has 0 atom stereocenters. The number of rotatable bonds is 4. The first kappa shape index (κ1) is 13.0. The van der Waals surface area contributed by atoms with Gasteiger partial charge in [0.2, 0.25) is 0 Å². The molecule has 2 aromatic rings. The van der Waals surface area contributed by atoms with Gasteiger partial charge in [0.1, 0.15) is 21.9 Å². The van der Waals surface area contributed by atoms with Crippen LogP contribution in [0.5, 0.6) is 11.5 Å². The number of benzene rings is 1. The topological polar surface area (TPSA) is 47.1 Å². The van der Waals surface area contributed by atoms with Crippen LogP contribution in [0.3, 0.4) is 0 Å². The summed E-state index contributed by atoms with van der Waals surface area (Å²) < 4.78 is 11.4. The molecule has 0 aliphatic rings. The van der Waals surface area contributed by atoms with Gasteiger partial charge in [-0.3, -0.25) is 0 Å². The number of H-pyrrole nitrogens is 1. The lowest BCUT2D eigenvalue weighted by atomic mass is 10.1. The maximum absolute atomic E-state index is 5.36. The smallest absolute Gasteiger partial charge is 0.127 e. The summed E-state index contributed by atoms with van der Waals surface area (Å²) in [6.07, 6.45) is 0.710. The van der Waals surface area contributed by atoms with Gasteiger partial charge in [0.15, 0.2) is 0 Å². The normalized spacial score (nSPS) is 10.4. The molecule has 0 amide bonds. The minimum atomic E-state index is 0.710. The van der Waals surface area contributed by atoms with Crippen molar-refractivity contribution in [2.75, 3.05) is 14.2 Å². The zero-order valence-electron chi connectivity index (χ0n) is 10.6. The van der Waals surface area contributed by atoms with E-state index in [1.165, 1.54) is 0 Å². The minimum absolute atomic E-state index is 0.710. The van der Waals surface area contributed by atoms with Crippen LogP contribution in [0.25, 0.3) is 0 Å². The third-order valence-electron chi connectivity index (χ3n) is 2.70. The Labute approximate surface area is 114 Å². The van der Waals surface area contributed by atoms with Gasteiger partial charge >= 0.3 is 0 Å². The first-order chi connectivity index (χ1) is 8.63. The number of nitrogens with zero attached hydrogens (tertiary/aromatic N) is 1. The van der Waals surface area contributed by atoms with Crippen LogP contribution in [0, 0.1) is 6.92 Å². The highest BCUT2D eigenvalue weighted by Crippen LogP contribution is 2.27. The molecule has 0 saturated heterocycles. The van der Waals surface area contributed by atoms with Gasteiger partial charge in [-0.05, 0) is 41.1 Å². The van der Waals surface area contributed by atoms with Crippen molar-refractivity contribution in [3.05, 3.63) is 39.9 Å². The Morgan fingerprint density at radius 1 is 1.28 bits per heavy atom. The molecule has 0 fully saturated rings. The maximum atomic E-state index is 5.36. The average molecular weight is 311 g/mol. The van der Waals surface area contributed by atoms with Crippen LogP contribution in [0.2, 0.25) is 0 Å². The second-order valence-corrected chi connectivity index (χ2v) is 4.70. The Hall–Kier alpha value is -1.49. The summed E-state index contributed by atoms with van der Waals surface area (Å²) in [4.78, 5) is 7.52. The van der Waals surface area contributed by atoms with E-state index in [2.05, 4.69) is 25.9 Å². The third kappa shape index (κ3) is 2.67. The second kappa shape index (κ2) is 5.44. The van der Waals surface area contributed by atoms with Crippen molar-refractivity contribution in [3.8, 4) is 11.5 Å². The van der Waals surface area contributed by atoms with Crippen LogP contribution < -0.4 is 9.47 Å². The molecule has 0 aliphatic carbocycles. The number of nitrogens with one attached hydrogen (secondary N) is 1. The van der Waals surface area contributed by atoms with Gasteiger partial charge in [0.25, 0.3) is 0 Å². The summed E-state index contributed by atoms with van der Waals surface area (Å²) in [7, 11) is 3.32. The Morgan fingerprint density at radius 2 is 2.06 bits per heavy atom. The highest BCUT2D eigenvalue weighted by Gasteiger charge is 2.11. The molecular formula is C13H15BrN2O2. The molecule has 0 bridgehead atoms. The zero-order chi connectivity index (χ0) is 13.1. The highest BCUT2D eigenvalue weighted by molar-refractivity contribution is 9.10. The van der Waals surface area contributed by atoms with Crippen molar-refractivity contribution in [1.82, 2.24) is 9.97 Å². The number of ether oxygens (including phenoxy) is 2. The van der Waals surface area contributed by atoms with Crippen molar-refractivity contribution < 1.29 is 9.47 Å². The number of aromatic nitrogens is 2.